The third kappa shape index (κ3) is 1.70. The number of fused-ring (bicyclic) bond motifs is 1. The summed E-state index contributed by atoms with van der Waals surface area (Å²) < 4.78 is 41.6. The minimum Gasteiger partial charge on any atom is -0.357 e. The van der Waals surface area contributed by atoms with E-state index in [1.807, 2.05) is 0 Å². The molecule has 8 heteroatoms. The second-order valence-electron chi connectivity index (χ2n) is 6.28. The third-order valence-corrected chi connectivity index (χ3v) is 3.73. The number of aliphatic hydroxyl groups is 2. The smallest absolute Gasteiger partial charge is 0.300 e. The summed E-state index contributed by atoms with van der Waals surface area (Å²) in [5.74, 6) is -10.5. The van der Waals surface area contributed by atoms with E-state index in [9.17, 15) is 10.2 Å². The standard InChI is InChI=1S/C12H19FO7/c1-8(2)17-6-10(19-8)12(14,15)11(13)7(5-16-10)18-9(3,4)20-11/h7,14-15H,5-6H2,1-4H3/t7-,10+,11-/m1/s1. The van der Waals surface area contributed by atoms with Gasteiger partial charge in [-0.3, -0.25) is 0 Å². The lowest BCUT2D eigenvalue weighted by Crippen LogP contribution is -2.75. The van der Waals surface area contributed by atoms with Gasteiger partial charge in [-0.1, -0.05) is 0 Å². The Bertz CT molecular complexity index is 432. The zero-order valence-electron chi connectivity index (χ0n) is 11.8. The van der Waals surface area contributed by atoms with Gasteiger partial charge in [0.2, 0.25) is 0 Å². The van der Waals surface area contributed by atoms with Gasteiger partial charge in [-0.15, -0.1) is 0 Å². The number of hydrogen-bond donors (Lipinski definition) is 2. The highest BCUT2D eigenvalue weighted by molar-refractivity contribution is 5.10. The van der Waals surface area contributed by atoms with Gasteiger partial charge in [-0.05, 0) is 27.7 Å². The SMILES string of the molecule is CC1(C)OC[C@]2(OC[C@H]3OC(C)(C)O[C@@]3(F)C2(O)O)O1. The molecule has 3 fully saturated rings. The number of hydrogen-bond acceptors (Lipinski definition) is 7. The van der Waals surface area contributed by atoms with Crippen molar-refractivity contribution in [1.29, 1.82) is 0 Å². The zero-order valence-corrected chi connectivity index (χ0v) is 11.8. The molecule has 0 unspecified atom stereocenters. The predicted octanol–water partition coefficient (Wildman–Crippen LogP) is -0.00600. The molecule has 20 heavy (non-hydrogen) atoms. The molecular formula is C12H19FO7. The van der Waals surface area contributed by atoms with Crippen LogP contribution in [-0.4, -0.2) is 58.5 Å². The normalized spacial score (nSPS) is 48.5. The zero-order chi connectivity index (χ0) is 15.0. The topological polar surface area (TPSA) is 86.6 Å². The fourth-order valence-corrected chi connectivity index (χ4v) is 2.84. The van der Waals surface area contributed by atoms with Crippen molar-refractivity contribution in [1.82, 2.24) is 0 Å². The molecule has 7 nitrogen and oxygen atoms in total. The maximum absolute atomic E-state index is 15.1. The number of alkyl halides is 1. The third-order valence-electron chi connectivity index (χ3n) is 3.73. The van der Waals surface area contributed by atoms with Crippen LogP contribution in [0.25, 0.3) is 0 Å². The largest absolute Gasteiger partial charge is 0.357 e. The highest BCUT2D eigenvalue weighted by Crippen LogP contribution is 2.54. The number of rotatable bonds is 0. The van der Waals surface area contributed by atoms with E-state index in [4.69, 9.17) is 23.7 Å². The van der Waals surface area contributed by atoms with Crippen molar-refractivity contribution in [2.45, 2.75) is 62.8 Å². The lowest BCUT2D eigenvalue weighted by molar-refractivity contribution is -0.476. The molecule has 0 aromatic heterocycles. The van der Waals surface area contributed by atoms with E-state index in [1.54, 1.807) is 13.8 Å². The van der Waals surface area contributed by atoms with E-state index in [-0.39, 0.29) is 13.2 Å². The van der Waals surface area contributed by atoms with E-state index in [0.717, 1.165) is 0 Å². The summed E-state index contributed by atoms with van der Waals surface area (Å²) in [6.45, 7) is 5.50. The van der Waals surface area contributed by atoms with Gasteiger partial charge in [0.15, 0.2) is 11.6 Å². The monoisotopic (exact) mass is 294 g/mol. The molecule has 3 aliphatic heterocycles. The van der Waals surface area contributed by atoms with Crippen molar-refractivity contribution in [2.24, 2.45) is 0 Å². The number of halogens is 1. The van der Waals surface area contributed by atoms with Crippen LogP contribution in [0.4, 0.5) is 4.39 Å². The lowest BCUT2D eigenvalue weighted by Gasteiger charge is -2.49. The van der Waals surface area contributed by atoms with Crippen molar-refractivity contribution in [2.75, 3.05) is 13.2 Å². The summed E-state index contributed by atoms with van der Waals surface area (Å²) in [4.78, 5) is 0. The average Bonchev–Trinajstić information content (AvgIpc) is 2.71. The predicted molar refractivity (Wildman–Crippen MR) is 60.8 cm³/mol. The lowest BCUT2D eigenvalue weighted by atomic mass is 9.90. The minimum absolute atomic E-state index is 0.248. The summed E-state index contributed by atoms with van der Waals surface area (Å²) in [7, 11) is 0. The van der Waals surface area contributed by atoms with Crippen LogP contribution in [0.2, 0.25) is 0 Å². The first-order chi connectivity index (χ1) is 8.93. The van der Waals surface area contributed by atoms with E-state index >= 15 is 4.39 Å². The maximum atomic E-state index is 15.1. The summed E-state index contributed by atoms with van der Waals surface area (Å²) in [6, 6.07) is 0. The van der Waals surface area contributed by atoms with Gasteiger partial charge in [0.25, 0.3) is 17.4 Å². The molecular weight excluding hydrogens is 275 g/mol. The van der Waals surface area contributed by atoms with Crippen molar-refractivity contribution < 1.29 is 38.3 Å². The molecule has 2 N–H and O–H groups in total. The molecule has 3 atom stereocenters. The van der Waals surface area contributed by atoms with Crippen LogP contribution < -0.4 is 0 Å². The molecule has 0 aromatic carbocycles. The molecule has 116 valence electrons. The van der Waals surface area contributed by atoms with Gasteiger partial charge in [0.05, 0.1) is 6.61 Å². The molecule has 0 aromatic rings. The van der Waals surface area contributed by atoms with E-state index in [2.05, 4.69) is 0 Å². The first kappa shape index (κ1) is 14.6. The van der Waals surface area contributed by atoms with Gasteiger partial charge in [-0.2, -0.15) is 0 Å². The van der Waals surface area contributed by atoms with E-state index in [0.29, 0.717) is 0 Å². The van der Waals surface area contributed by atoms with E-state index < -0.39 is 35.1 Å². The van der Waals surface area contributed by atoms with Crippen LogP contribution in [0.5, 0.6) is 0 Å². The Morgan fingerprint density at radius 3 is 2.20 bits per heavy atom. The highest BCUT2D eigenvalue weighted by Gasteiger charge is 2.79. The van der Waals surface area contributed by atoms with Crippen LogP contribution in [0.1, 0.15) is 27.7 Å². The second kappa shape index (κ2) is 3.70. The van der Waals surface area contributed by atoms with Crippen molar-refractivity contribution in [3.05, 3.63) is 0 Å². The summed E-state index contributed by atoms with van der Waals surface area (Å²) in [5, 5.41) is 20.7. The maximum Gasteiger partial charge on any atom is 0.300 e. The molecule has 3 aliphatic rings. The van der Waals surface area contributed by atoms with Crippen LogP contribution in [0, 0.1) is 0 Å². The molecule has 0 saturated carbocycles. The Hall–Kier alpha value is -0.350. The van der Waals surface area contributed by atoms with Crippen LogP contribution in [-0.2, 0) is 23.7 Å². The Kier molecular flexibility index (Phi) is 2.69. The van der Waals surface area contributed by atoms with Crippen molar-refractivity contribution in [3.8, 4) is 0 Å². The molecule has 0 amide bonds. The fraction of sp³-hybridized carbons (Fsp3) is 1.00. The van der Waals surface area contributed by atoms with Crippen LogP contribution in [0.3, 0.4) is 0 Å². The highest BCUT2D eigenvalue weighted by atomic mass is 19.2. The molecule has 0 aliphatic carbocycles. The summed E-state index contributed by atoms with van der Waals surface area (Å²) in [6.07, 6.45) is -1.27. The molecule has 1 spiro atoms. The summed E-state index contributed by atoms with van der Waals surface area (Å²) >= 11 is 0. The van der Waals surface area contributed by atoms with Crippen LogP contribution in [0.15, 0.2) is 0 Å². The summed E-state index contributed by atoms with van der Waals surface area (Å²) in [5.41, 5.74) is 0. The molecule has 3 rings (SSSR count). The molecule has 3 heterocycles. The minimum atomic E-state index is -3.08. The Labute approximate surface area is 115 Å². The van der Waals surface area contributed by atoms with Gasteiger partial charge < -0.3 is 33.9 Å². The fourth-order valence-electron chi connectivity index (χ4n) is 2.84. The van der Waals surface area contributed by atoms with Gasteiger partial charge in [-0.25, -0.2) is 4.39 Å². The van der Waals surface area contributed by atoms with Crippen molar-refractivity contribution >= 4 is 0 Å². The van der Waals surface area contributed by atoms with Gasteiger partial charge in [0.1, 0.15) is 12.7 Å². The molecule has 0 bridgehead atoms. The first-order valence-electron chi connectivity index (χ1n) is 6.43. The molecule has 3 saturated heterocycles. The Balaban J connectivity index is 1.99. The van der Waals surface area contributed by atoms with Gasteiger partial charge in [0, 0.05) is 0 Å². The molecule has 0 radical (unpaired) electrons. The number of ether oxygens (including phenoxy) is 5. The van der Waals surface area contributed by atoms with Crippen LogP contribution >= 0.6 is 0 Å². The quantitative estimate of drug-likeness (QED) is 0.608. The first-order valence-corrected chi connectivity index (χ1v) is 6.43. The van der Waals surface area contributed by atoms with Crippen molar-refractivity contribution in [3.63, 3.8) is 0 Å². The van der Waals surface area contributed by atoms with Gasteiger partial charge >= 0.3 is 0 Å². The second-order valence-corrected chi connectivity index (χ2v) is 6.28. The Morgan fingerprint density at radius 1 is 1.00 bits per heavy atom. The Morgan fingerprint density at radius 2 is 1.65 bits per heavy atom. The average molecular weight is 294 g/mol. The van der Waals surface area contributed by atoms with E-state index in [1.165, 1.54) is 13.8 Å².